The Kier molecular flexibility index (Phi) is 3.70. The number of hydrogen-bond donors (Lipinski definition) is 1. The van der Waals surface area contributed by atoms with E-state index in [9.17, 15) is 8.42 Å². The highest BCUT2D eigenvalue weighted by molar-refractivity contribution is 7.89. The number of nitrogens with zero attached hydrogens (tertiary/aromatic N) is 1. The number of aliphatic hydroxyl groups is 1. The third kappa shape index (κ3) is 2.65. The van der Waals surface area contributed by atoms with Gasteiger partial charge in [0.05, 0.1) is 5.75 Å². The van der Waals surface area contributed by atoms with E-state index in [2.05, 4.69) is 0 Å². The fraction of sp³-hybridized carbons (Fsp3) is 1.00. The maximum absolute atomic E-state index is 11.4. The van der Waals surface area contributed by atoms with Gasteiger partial charge < -0.3 is 5.11 Å². The second-order valence-corrected chi connectivity index (χ2v) is 5.68. The molecule has 1 heterocycles. The summed E-state index contributed by atoms with van der Waals surface area (Å²) in [5.74, 6) is 0.472. The Morgan fingerprint density at radius 2 is 1.92 bits per heavy atom. The summed E-state index contributed by atoms with van der Waals surface area (Å²) in [6, 6.07) is 0. The van der Waals surface area contributed by atoms with Gasteiger partial charge in [0.25, 0.3) is 0 Å². The standard InChI is InChI=1S/C8H17NO3S/c1-2-13(11,12)9-5-3-8(7-10)4-6-9/h8,10H,2-7H2,1H3. The lowest BCUT2D eigenvalue weighted by atomic mass is 10.00. The molecule has 0 unspecified atom stereocenters. The minimum absolute atomic E-state index is 0.177. The van der Waals surface area contributed by atoms with Gasteiger partial charge in [-0.2, -0.15) is 0 Å². The molecule has 78 valence electrons. The molecule has 0 aromatic heterocycles. The molecule has 1 fully saturated rings. The first kappa shape index (κ1) is 10.9. The van der Waals surface area contributed by atoms with Crippen LogP contribution in [0.5, 0.6) is 0 Å². The van der Waals surface area contributed by atoms with Gasteiger partial charge in [0.2, 0.25) is 10.0 Å². The second kappa shape index (κ2) is 4.39. The van der Waals surface area contributed by atoms with Crippen molar-refractivity contribution in [3.63, 3.8) is 0 Å². The number of sulfonamides is 1. The van der Waals surface area contributed by atoms with Crippen LogP contribution in [0.15, 0.2) is 0 Å². The van der Waals surface area contributed by atoms with Crippen LogP contribution in [0.1, 0.15) is 19.8 Å². The van der Waals surface area contributed by atoms with Crippen LogP contribution in [0.2, 0.25) is 0 Å². The smallest absolute Gasteiger partial charge is 0.213 e. The van der Waals surface area contributed by atoms with Gasteiger partial charge in [0, 0.05) is 19.7 Å². The summed E-state index contributed by atoms with van der Waals surface area (Å²) in [6.07, 6.45) is 1.57. The zero-order valence-electron chi connectivity index (χ0n) is 7.94. The van der Waals surface area contributed by atoms with Gasteiger partial charge in [-0.05, 0) is 25.7 Å². The first-order valence-electron chi connectivity index (χ1n) is 4.69. The largest absolute Gasteiger partial charge is 0.396 e. The van der Waals surface area contributed by atoms with Gasteiger partial charge in [-0.15, -0.1) is 0 Å². The topological polar surface area (TPSA) is 57.6 Å². The van der Waals surface area contributed by atoms with E-state index < -0.39 is 10.0 Å². The molecular weight excluding hydrogens is 190 g/mol. The van der Waals surface area contributed by atoms with Crippen molar-refractivity contribution in [1.29, 1.82) is 0 Å². The van der Waals surface area contributed by atoms with Crippen LogP contribution in [-0.4, -0.2) is 43.3 Å². The molecular formula is C8H17NO3S. The Morgan fingerprint density at radius 1 is 1.38 bits per heavy atom. The first-order chi connectivity index (χ1) is 6.10. The fourth-order valence-corrected chi connectivity index (χ4v) is 2.68. The van der Waals surface area contributed by atoms with Gasteiger partial charge >= 0.3 is 0 Å². The molecule has 4 nitrogen and oxygen atoms in total. The predicted molar refractivity (Wildman–Crippen MR) is 50.8 cm³/mol. The minimum Gasteiger partial charge on any atom is -0.396 e. The lowest BCUT2D eigenvalue weighted by Gasteiger charge is -2.29. The quantitative estimate of drug-likeness (QED) is 0.711. The van der Waals surface area contributed by atoms with Crippen molar-refractivity contribution in [2.24, 2.45) is 5.92 Å². The normalized spacial score (nSPS) is 22.0. The van der Waals surface area contributed by atoms with Crippen LogP contribution >= 0.6 is 0 Å². The maximum Gasteiger partial charge on any atom is 0.213 e. The van der Waals surface area contributed by atoms with Crippen molar-refractivity contribution >= 4 is 10.0 Å². The molecule has 1 aliphatic rings. The van der Waals surface area contributed by atoms with Crippen LogP contribution in [-0.2, 0) is 10.0 Å². The van der Waals surface area contributed by atoms with Gasteiger partial charge in [-0.25, -0.2) is 12.7 Å². The van der Waals surface area contributed by atoms with Gasteiger partial charge in [-0.3, -0.25) is 0 Å². The third-order valence-corrected chi connectivity index (χ3v) is 4.47. The minimum atomic E-state index is -3.00. The van der Waals surface area contributed by atoms with Crippen molar-refractivity contribution in [2.75, 3.05) is 25.4 Å². The maximum atomic E-state index is 11.4. The molecule has 0 saturated carbocycles. The summed E-state index contributed by atoms with van der Waals surface area (Å²) < 4.78 is 24.4. The zero-order valence-corrected chi connectivity index (χ0v) is 8.76. The van der Waals surface area contributed by atoms with Crippen LogP contribution < -0.4 is 0 Å². The van der Waals surface area contributed by atoms with E-state index in [0.29, 0.717) is 19.0 Å². The van der Waals surface area contributed by atoms with Crippen molar-refractivity contribution in [3.8, 4) is 0 Å². The van der Waals surface area contributed by atoms with Gasteiger partial charge in [-0.1, -0.05) is 0 Å². The average molecular weight is 207 g/mol. The zero-order chi connectivity index (χ0) is 9.90. The highest BCUT2D eigenvalue weighted by Gasteiger charge is 2.25. The summed E-state index contributed by atoms with van der Waals surface area (Å²) in [5, 5.41) is 8.87. The number of rotatable bonds is 3. The average Bonchev–Trinajstić information content (AvgIpc) is 2.18. The Labute approximate surface area is 79.6 Å². The lowest BCUT2D eigenvalue weighted by molar-refractivity contribution is 0.170. The van der Waals surface area contributed by atoms with Crippen molar-refractivity contribution in [2.45, 2.75) is 19.8 Å². The fourth-order valence-electron chi connectivity index (χ4n) is 1.55. The summed E-state index contributed by atoms with van der Waals surface area (Å²) in [7, 11) is -3.00. The molecule has 13 heavy (non-hydrogen) atoms. The molecule has 0 aromatic rings. The predicted octanol–water partition coefficient (Wildman–Crippen LogP) is 0.0404. The van der Waals surface area contributed by atoms with E-state index >= 15 is 0 Å². The number of aliphatic hydroxyl groups excluding tert-OH is 1. The molecule has 0 amide bonds. The van der Waals surface area contributed by atoms with Crippen LogP contribution in [0.4, 0.5) is 0 Å². The monoisotopic (exact) mass is 207 g/mol. The summed E-state index contributed by atoms with van der Waals surface area (Å²) in [5.41, 5.74) is 0. The molecule has 0 aromatic carbocycles. The van der Waals surface area contributed by atoms with E-state index in [1.165, 1.54) is 4.31 Å². The molecule has 1 saturated heterocycles. The highest BCUT2D eigenvalue weighted by atomic mass is 32.2. The third-order valence-electron chi connectivity index (χ3n) is 2.59. The molecule has 1 N–H and O–H groups in total. The van der Waals surface area contributed by atoms with Crippen molar-refractivity contribution in [1.82, 2.24) is 4.31 Å². The van der Waals surface area contributed by atoms with E-state index in [1.807, 2.05) is 0 Å². The Morgan fingerprint density at radius 3 is 2.31 bits per heavy atom. The van der Waals surface area contributed by atoms with Gasteiger partial charge in [0.1, 0.15) is 0 Å². The van der Waals surface area contributed by atoms with Crippen molar-refractivity contribution < 1.29 is 13.5 Å². The molecule has 5 heteroatoms. The van der Waals surface area contributed by atoms with Crippen LogP contribution in [0, 0.1) is 5.92 Å². The molecule has 1 rings (SSSR count). The highest BCUT2D eigenvalue weighted by Crippen LogP contribution is 2.18. The molecule has 1 aliphatic heterocycles. The molecule has 0 spiro atoms. The Balaban J connectivity index is 2.50. The van der Waals surface area contributed by atoms with Crippen molar-refractivity contribution in [3.05, 3.63) is 0 Å². The molecule has 0 aliphatic carbocycles. The van der Waals surface area contributed by atoms with E-state index in [0.717, 1.165) is 12.8 Å². The molecule has 0 bridgehead atoms. The summed E-state index contributed by atoms with van der Waals surface area (Å²) >= 11 is 0. The number of piperidine rings is 1. The summed E-state index contributed by atoms with van der Waals surface area (Å²) in [6.45, 7) is 2.98. The Bertz CT molecular complexity index is 242. The van der Waals surface area contributed by atoms with E-state index in [4.69, 9.17) is 5.11 Å². The Hall–Kier alpha value is -0.130. The molecule has 0 radical (unpaired) electrons. The van der Waals surface area contributed by atoms with E-state index in [1.54, 1.807) is 6.92 Å². The SMILES string of the molecule is CCS(=O)(=O)N1CCC(CO)CC1. The first-order valence-corrected chi connectivity index (χ1v) is 6.29. The van der Waals surface area contributed by atoms with E-state index in [-0.39, 0.29) is 12.4 Å². The lowest BCUT2D eigenvalue weighted by Crippen LogP contribution is -2.39. The second-order valence-electron chi connectivity index (χ2n) is 3.43. The van der Waals surface area contributed by atoms with Crippen LogP contribution in [0.25, 0.3) is 0 Å². The molecule has 0 atom stereocenters. The number of hydrogen-bond acceptors (Lipinski definition) is 3. The van der Waals surface area contributed by atoms with Crippen LogP contribution in [0.3, 0.4) is 0 Å². The summed E-state index contributed by atoms with van der Waals surface area (Å²) in [4.78, 5) is 0. The van der Waals surface area contributed by atoms with Gasteiger partial charge in [0.15, 0.2) is 0 Å².